The number of piperazine rings is 1. The van der Waals surface area contributed by atoms with Crippen molar-refractivity contribution in [3.63, 3.8) is 0 Å². The lowest BCUT2D eigenvalue weighted by molar-refractivity contribution is -0.142. The molecule has 2 unspecified atom stereocenters. The van der Waals surface area contributed by atoms with Gasteiger partial charge in [-0.25, -0.2) is 9.49 Å². The first-order chi connectivity index (χ1) is 16.2. The van der Waals surface area contributed by atoms with E-state index in [2.05, 4.69) is 10.2 Å². The monoisotopic (exact) mass is 466 g/mol. The van der Waals surface area contributed by atoms with Crippen LogP contribution in [0.2, 0.25) is 0 Å². The molecule has 3 fully saturated rings. The summed E-state index contributed by atoms with van der Waals surface area (Å²) >= 11 is 0. The third-order valence-electron chi connectivity index (χ3n) is 8.18. The molecule has 7 nitrogen and oxygen atoms in total. The number of benzene rings is 1. The molecule has 4 atom stereocenters. The Kier molecular flexibility index (Phi) is 5.78. The summed E-state index contributed by atoms with van der Waals surface area (Å²) in [4.78, 5) is 41.6. The molecular formula is C26H31FN4O3. The zero-order valence-electron chi connectivity index (χ0n) is 19.9. The van der Waals surface area contributed by atoms with Crippen LogP contribution in [0.5, 0.6) is 0 Å². The van der Waals surface area contributed by atoms with Gasteiger partial charge in [0.1, 0.15) is 12.4 Å². The molecule has 2 bridgehead atoms. The minimum atomic E-state index is -0.605. The van der Waals surface area contributed by atoms with Crippen molar-refractivity contribution in [3.05, 3.63) is 62.3 Å². The Morgan fingerprint density at radius 3 is 2.65 bits per heavy atom. The number of hydrogen-bond acceptors (Lipinski definition) is 4. The highest BCUT2D eigenvalue weighted by Gasteiger charge is 2.47. The molecule has 2 aromatic rings. The summed E-state index contributed by atoms with van der Waals surface area (Å²) in [7, 11) is 0. The molecule has 2 heterocycles. The van der Waals surface area contributed by atoms with Crippen molar-refractivity contribution in [1.82, 2.24) is 20.0 Å². The van der Waals surface area contributed by atoms with Gasteiger partial charge in [-0.3, -0.25) is 14.4 Å². The SMILES string of the molecule is Cc1c(Cc2ccc(F)c(C(=O)N3CC(=O)N(C4C[C@H]5CC[C@@H]4C5)C(C)C3)c2)n[nH]c(=O)c1C. The van der Waals surface area contributed by atoms with Gasteiger partial charge in [0, 0.05) is 30.6 Å². The van der Waals surface area contributed by atoms with Crippen LogP contribution in [0.3, 0.4) is 0 Å². The third kappa shape index (κ3) is 3.93. The molecule has 8 heteroatoms. The number of nitrogens with zero attached hydrogens (tertiary/aromatic N) is 3. The second kappa shape index (κ2) is 8.64. The van der Waals surface area contributed by atoms with Crippen molar-refractivity contribution in [2.75, 3.05) is 13.1 Å². The number of aromatic amines is 1. The molecular weight excluding hydrogens is 435 g/mol. The lowest BCUT2D eigenvalue weighted by Crippen LogP contribution is -2.60. The van der Waals surface area contributed by atoms with Crippen LogP contribution >= 0.6 is 0 Å². The Bertz CT molecular complexity index is 1210. The molecule has 180 valence electrons. The Labute approximate surface area is 198 Å². The van der Waals surface area contributed by atoms with E-state index in [1.807, 2.05) is 18.7 Å². The molecule has 2 amide bonds. The van der Waals surface area contributed by atoms with Gasteiger partial charge in [0.2, 0.25) is 5.91 Å². The van der Waals surface area contributed by atoms with Crippen LogP contribution in [0.25, 0.3) is 0 Å². The summed E-state index contributed by atoms with van der Waals surface area (Å²) in [5, 5.41) is 6.61. The average Bonchev–Trinajstić information content (AvgIpc) is 3.43. The fourth-order valence-electron chi connectivity index (χ4n) is 6.24. The topological polar surface area (TPSA) is 86.4 Å². The van der Waals surface area contributed by atoms with Crippen LogP contribution in [-0.2, 0) is 11.2 Å². The van der Waals surface area contributed by atoms with Crippen LogP contribution in [0.15, 0.2) is 23.0 Å². The van der Waals surface area contributed by atoms with Crippen molar-refractivity contribution in [2.24, 2.45) is 11.8 Å². The van der Waals surface area contributed by atoms with Crippen molar-refractivity contribution in [1.29, 1.82) is 0 Å². The van der Waals surface area contributed by atoms with Gasteiger partial charge in [0.15, 0.2) is 0 Å². The fraction of sp³-hybridized carbons (Fsp3) is 0.538. The first kappa shape index (κ1) is 22.7. The van der Waals surface area contributed by atoms with Gasteiger partial charge >= 0.3 is 0 Å². The molecule has 3 aliphatic rings. The zero-order valence-corrected chi connectivity index (χ0v) is 19.9. The van der Waals surface area contributed by atoms with Gasteiger partial charge in [0.25, 0.3) is 11.5 Å². The van der Waals surface area contributed by atoms with E-state index in [-0.39, 0.29) is 35.7 Å². The standard InChI is InChI=1S/C26H31FN4O3/c1-14-12-30(13-24(32)31(14)23-11-17-4-6-19(23)8-17)26(34)20-9-18(5-7-21(20)27)10-22-15(2)16(3)25(33)29-28-22/h5,7,9,14,17,19,23H,4,6,8,10-13H2,1-3H3,(H,29,33)/t14?,17-,19+,23?/m0/s1. The van der Waals surface area contributed by atoms with E-state index in [1.54, 1.807) is 13.0 Å². The van der Waals surface area contributed by atoms with Crippen molar-refractivity contribution in [2.45, 2.75) is 65.0 Å². The Morgan fingerprint density at radius 2 is 1.97 bits per heavy atom. The maximum absolute atomic E-state index is 14.7. The minimum Gasteiger partial charge on any atom is -0.333 e. The quantitative estimate of drug-likeness (QED) is 0.751. The van der Waals surface area contributed by atoms with E-state index < -0.39 is 11.7 Å². The molecule has 1 saturated heterocycles. The third-order valence-corrected chi connectivity index (χ3v) is 8.18. The number of fused-ring (bicyclic) bond motifs is 2. The van der Waals surface area contributed by atoms with E-state index in [9.17, 15) is 18.8 Å². The van der Waals surface area contributed by atoms with Crippen molar-refractivity contribution in [3.8, 4) is 0 Å². The number of carbonyl (C=O) groups excluding carboxylic acids is 2. The number of rotatable bonds is 4. The van der Waals surface area contributed by atoms with E-state index in [0.29, 0.717) is 35.7 Å². The van der Waals surface area contributed by atoms with E-state index in [1.165, 1.54) is 36.3 Å². The molecule has 5 rings (SSSR count). The largest absolute Gasteiger partial charge is 0.333 e. The van der Waals surface area contributed by atoms with Gasteiger partial charge in [-0.2, -0.15) is 5.10 Å². The number of nitrogens with one attached hydrogen (secondary N) is 1. The second-order valence-electron chi connectivity index (χ2n) is 10.3. The van der Waals surface area contributed by atoms with E-state index >= 15 is 0 Å². The Morgan fingerprint density at radius 1 is 1.18 bits per heavy atom. The van der Waals surface area contributed by atoms with Crippen LogP contribution in [0.1, 0.15) is 65.3 Å². The summed E-state index contributed by atoms with van der Waals surface area (Å²) in [6.45, 7) is 5.93. The lowest BCUT2D eigenvalue weighted by Gasteiger charge is -2.45. The number of H-pyrrole nitrogens is 1. The summed E-state index contributed by atoms with van der Waals surface area (Å²) in [5.41, 5.74) is 2.47. The highest BCUT2D eigenvalue weighted by atomic mass is 19.1. The summed E-state index contributed by atoms with van der Waals surface area (Å²) in [5.74, 6) is 0.211. The van der Waals surface area contributed by atoms with E-state index in [4.69, 9.17) is 0 Å². The van der Waals surface area contributed by atoms with Crippen molar-refractivity contribution < 1.29 is 14.0 Å². The highest BCUT2D eigenvalue weighted by molar-refractivity contribution is 5.97. The second-order valence-corrected chi connectivity index (χ2v) is 10.3. The van der Waals surface area contributed by atoms with Gasteiger partial charge < -0.3 is 9.80 Å². The van der Waals surface area contributed by atoms with Crippen LogP contribution in [0.4, 0.5) is 4.39 Å². The number of aromatic nitrogens is 2. The molecule has 0 radical (unpaired) electrons. The predicted molar refractivity (Wildman–Crippen MR) is 125 cm³/mol. The number of hydrogen-bond donors (Lipinski definition) is 1. The summed E-state index contributed by atoms with van der Waals surface area (Å²) in [6, 6.07) is 4.64. The zero-order chi connectivity index (χ0) is 24.1. The molecule has 2 saturated carbocycles. The maximum atomic E-state index is 14.7. The van der Waals surface area contributed by atoms with Gasteiger partial charge in [-0.05, 0) is 75.1 Å². The normalized spacial score (nSPS) is 26.4. The van der Waals surface area contributed by atoms with Gasteiger partial charge in [0.05, 0.1) is 11.3 Å². The average molecular weight is 467 g/mol. The molecule has 0 spiro atoms. The first-order valence-corrected chi connectivity index (χ1v) is 12.2. The lowest BCUT2D eigenvalue weighted by atomic mass is 9.92. The smallest absolute Gasteiger partial charge is 0.267 e. The summed E-state index contributed by atoms with van der Waals surface area (Å²) in [6.07, 6.45) is 5.10. The Hall–Kier alpha value is -3.03. The molecule has 34 heavy (non-hydrogen) atoms. The molecule has 1 aromatic carbocycles. The van der Waals surface area contributed by atoms with Crippen molar-refractivity contribution >= 4 is 11.8 Å². The maximum Gasteiger partial charge on any atom is 0.267 e. The molecule has 1 N–H and O–H groups in total. The molecule has 1 aliphatic heterocycles. The number of amides is 2. The first-order valence-electron chi connectivity index (χ1n) is 12.2. The minimum absolute atomic E-state index is 0.0134. The van der Waals surface area contributed by atoms with E-state index in [0.717, 1.165) is 17.9 Å². The van der Waals surface area contributed by atoms with Crippen LogP contribution in [0, 0.1) is 31.5 Å². The molecule has 2 aliphatic carbocycles. The Balaban J connectivity index is 1.33. The van der Waals surface area contributed by atoms with Crippen LogP contribution in [-0.4, -0.2) is 57.0 Å². The number of carbonyl (C=O) groups is 2. The van der Waals surface area contributed by atoms with Gasteiger partial charge in [-0.15, -0.1) is 0 Å². The highest BCUT2D eigenvalue weighted by Crippen LogP contribution is 2.47. The van der Waals surface area contributed by atoms with Gasteiger partial charge in [-0.1, -0.05) is 12.5 Å². The fourth-order valence-corrected chi connectivity index (χ4v) is 6.24. The predicted octanol–water partition coefficient (Wildman–Crippen LogP) is 2.98. The molecule has 1 aromatic heterocycles. The summed E-state index contributed by atoms with van der Waals surface area (Å²) < 4.78 is 14.7. The number of halogens is 1. The van der Waals surface area contributed by atoms with Crippen LogP contribution < -0.4 is 5.56 Å².